The molecule has 0 aromatic heterocycles. The van der Waals surface area contributed by atoms with E-state index in [1.807, 2.05) is 0 Å². The van der Waals surface area contributed by atoms with E-state index in [1.165, 1.54) is 0 Å². The van der Waals surface area contributed by atoms with Crippen LogP contribution in [0.5, 0.6) is 0 Å². The van der Waals surface area contributed by atoms with Crippen LogP contribution in [0.2, 0.25) is 0 Å². The summed E-state index contributed by atoms with van der Waals surface area (Å²) in [5, 5.41) is 30.3. The Hall–Kier alpha value is -1.34. The van der Waals surface area contributed by atoms with E-state index in [-0.39, 0.29) is 0 Å². The third-order valence-corrected chi connectivity index (χ3v) is 3.02. The minimum absolute atomic E-state index is 0.518. The topological polar surface area (TPSA) is 107 Å². The Labute approximate surface area is 92.9 Å². The first kappa shape index (κ1) is 11.7. The Morgan fingerprint density at radius 1 is 1.20 bits per heavy atom. The highest BCUT2D eigenvalue weighted by atomic mass is 35.5. The van der Waals surface area contributed by atoms with Gasteiger partial charge in [-0.25, -0.2) is 0 Å². The number of alkyl halides is 2. The maximum absolute atomic E-state index is 10.6. The van der Waals surface area contributed by atoms with Gasteiger partial charge in [0.2, 0.25) is 0 Å². The number of hydrogen-bond acceptors (Lipinski definition) is 5. The van der Waals surface area contributed by atoms with E-state index in [9.17, 15) is 20.2 Å². The quantitative estimate of drug-likeness (QED) is 0.347. The molecule has 0 aromatic rings. The normalized spacial score (nSPS) is 34.7. The number of aliphatic hydroxyl groups excluding tert-OH is 1. The van der Waals surface area contributed by atoms with Gasteiger partial charge in [-0.1, -0.05) is 0 Å². The minimum atomic E-state index is -2.71. The predicted octanol–water partition coefficient (Wildman–Crippen LogP) is 1.42. The van der Waals surface area contributed by atoms with Gasteiger partial charge in [0.25, 0.3) is 0 Å². The van der Waals surface area contributed by atoms with Crippen molar-refractivity contribution in [1.29, 1.82) is 0 Å². The van der Waals surface area contributed by atoms with E-state index < -0.39 is 25.6 Å². The Morgan fingerprint density at radius 2 is 1.67 bits per heavy atom. The highest BCUT2D eigenvalue weighted by Crippen LogP contribution is 2.42. The number of rotatable bonds is 2. The van der Waals surface area contributed by atoms with Gasteiger partial charge in [-0.3, -0.25) is 20.2 Å². The minimum Gasteiger partial charge on any atom is -0.508 e. The lowest BCUT2D eigenvalue weighted by Gasteiger charge is -2.25. The van der Waals surface area contributed by atoms with Gasteiger partial charge in [-0.15, -0.1) is 0 Å². The zero-order valence-electron chi connectivity index (χ0n) is 6.96. The average Bonchev–Trinajstić information content (AvgIpc) is 2.11. The van der Waals surface area contributed by atoms with E-state index >= 15 is 0 Å². The van der Waals surface area contributed by atoms with Crippen molar-refractivity contribution in [2.75, 3.05) is 0 Å². The number of halogens is 2. The molecule has 0 saturated carbocycles. The molecule has 9 heteroatoms. The van der Waals surface area contributed by atoms with E-state index in [0.717, 1.165) is 6.08 Å². The SMILES string of the molecule is O=[N+]([O-])C1(Cl)C=CC(O)=CC1(Cl)[N+](=O)[O-]. The van der Waals surface area contributed by atoms with E-state index in [2.05, 4.69) is 0 Å². The maximum atomic E-state index is 10.6. The summed E-state index contributed by atoms with van der Waals surface area (Å²) >= 11 is 10.9. The van der Waals surface area contributed by atoms with Crippen molar-refractivity contribution in [1.82, 2.24) is 0 Å². The molecule has 0 amide bonds. The van der Waals surface area contributed by atoms with Crippen LogP contribution in [0.25, 0.3) is 0 Å². The Kier molecular flexibility index (Phi) is 2.62. The standard InChI is InChI=1S/C6H4Cl2N2O5/c7-5(9(12)13)2-1-4(11)3-6(5,8)10(14)15/h1-3,11H. The first-order chi connectivity index (χ1) is 6.74. The summed E-state index contributed by atoms with van der Waals surface area (Å²) in [5.41, 5.74) is 0. The molecule has 1 aliphatic rings. The van der Waals surface area contributed by atoms with Gasteiger partial charge in [-0.05, 0) is 29.3 Å². The molecule has 0 spiro atoms. The largest absolute Gasteiger partial charge is 0.508 e. The fraction of sp³-hybridized carbons (Fsp3) is 0.333. The van der Waals surface area contributed by atoms with Gasteiger partial charge in [-0.2, -0.15) is 0 Å². The fourth-order valence-electron chi connectivity index (χ4n) is 1.03. The zero-order valence-corrected chi connectivity index (χ0v) is 8.47. The van der Waals surface area contributed by atoms with E-state index in [0.29, 0.717) is 12.2 Å². The van der Waals surface area contributed by atoms with Gasteiger partial charge in [0, 0.05) is 6.08 Å². The summed E-state index contributed by atoms with van der Waals surface area (Å²) in [7, 11) is 0. The van der Waals surface area contributed by atoms with Crippen LogP contribution in [0.3, 0.4) is 0 Å². The van der Waals surface area contributed by atoms with Gasteiger partial charge < -0.3 is 5.11 Å². The molecule has 0 fully saturated rings. The van der Waals surface area contributed by atoms with Crippen LogP contribution in [0.1, 0.15) is 0 Å². The zero-order chi connectivity index (χ0) is 11.9. The lowest BCUT2D eigenvalue weighted by Crippen LogP contribution is -2.55. The van der Waals surface area contributed by atoms with Crippen molar-refractivity contribution in [3.63, 3.8) is 0 Å². The smallest absolute Gasteiger partial charge is 0.404 e. The first-order valence-corrected chi connectivity index (χ1v) is 4.27. The third-order valence-electron chi connectivity index (χ3n) is 1.84. The molecular weight excluding hydrogens is 251 g/mol. The molecule has 82 valence electrons. The van der Waals surface area contributed by atoms with E-state index in [4.69, 9.17) is 28.3 Å². The van der Waals surface area contributed by atoms with Crippen LogP contribution in [0.4, 0.5) is 0 Å². The molecule has 0 bridgehead atoms. The Bertz CT molecular complexity index is 395. The first-order valence-electron chi connectivity index (χ1n) is 3.52. The molecule has 1 aliphatic carbocycles. The summed E-state index contributed by atoms with van der Waals surface area (Å²) < 4.78 is 0. The Balaban J connectivity index is 3.38. The van der Waals surface area contributed by atoms with Crippen LogP contribution in [0, 0.1) is 20.2 Å². The van der Waals surface area contributed by atoms with Crippen molar-refractivity contribution < 1.29 is 15.0 Å². The molecule has 2 unspecified atom stereocenters. The molecule has 0 aliphatic heterocycles. The van der Waals surface area contributed by atoms with Gasteiger partial charge in [0.15, 0.2) is 0 Å². The van der Waals surface area contributed by atoms with Crippen molar-refractivity contribution in [3.8, 4) is 0 Å². The van der Waals surface area contributed by atoms with Crippen LogP contribution in [0.15, 0.2) is 24.0 Å². The molecule has 1 N–H and O–H groups in total. The van der Waals surface area contributed by atoms with Crippen molar-refractivity contribution >= 4 is 23.2 Å². The van der Waals surface area contributed by atoms with Crippen LogP contribution in [-0.4, -0.2) is 24.9 Å². The van der Waals surface area contributed by atoms with Crippen LogP contribution < -0.4 is 0 Å². The van der Waals surface area contributed by atoms with Crippen molar-refractivity contribution in [2.45, 2.75) is 10.00 Å². The summed E-state index contributed by atoms with van der Waals surface area (Å²) in [6.07, 6.45) is 2.06. The van der Waals surface area contributed by atoms with Gasteiger partial charge in [0.05, 0.1) is 15.9 Å². The molecule has 7 nitrogen and oxygen atoms in total. The molecule has 2 atom stereocenters. The number of allylic oxidation sites excluding steroid dienone is 1. The highest BCUT2D eigenvalue weighted by molar-refractivity contribution is 6.35. The molecule has 15 heavy (non-hydrogen) atoms. The lowest BCUT2D eigenvalue weighted by molar-refractivity contribution is -0.627. The number of nitro groups is 2. The second-order valence-electron chi connectivity index (χ2n) is 2.76. The number of nitrogens with zero attached hydrogens (tertiary/aromatic N) is 2. The molecule has 0 saturated heterocycles. The Morgan fingerprint density at radius 3 is 2.07 bits per heavy atom. The highest BCUT2D eigenvalue weighted by Gasteiger charge is 2.69. The lowest BCUT2D eigenvalue weighted by atomic mass is 10.0. The predicted molar refractivity (Wildman–Crippen MR) is 51.0 cm³/mol. The molecule has 0 heterocycles. The molecule has 0 radical (unpaired) electrons. The van der Waals surface area contributed by atoms with Crippen LogP contribution >= 0.6 is 23.2 Å². The van der Waals surface area contributed by atoms with Crippen molar-refractivity contribution in [2.24, 2.45) is 0 Å². The summed E-state index contributed by atoms with van der Waals surface area (Å²) in [6.45, 7) is 0. The summed E-state index contributed by atoms with van der Waals surface area (Å²) in [6, 6.07) is 0. The molecular formula is C6H4Cl2N2O5. The average molecular weight is 255 g/mol. The summed E-state index contributed by atoms with van der Waals surface area (Å²) in [5.74, 6) is -0.556. The van der Waals surface area contributed by atoms with Gasteiger partial charge in [0.1, 0.15) is 5.76 Å². The number of aliphatic hydroxyl groups is 1. The van der Waals surface area contributed by atoms with E-state index in [1.54, 1.807) is 0 Å². The molecule has 0 aromatic carbocycles. The third kappa shape index (κ3) is 1.53. The molecule has 1 rings (SSSR count). The maximum Gasteiger partial charge on any atom is 0.404 e. The van der Waals surface area contributed by atoms with Gasteiger partial charge >= 0.3 is 10.00 Å². The second-order valence-corrected chi connectivity index (χ2v) is 3.92. The van der Waals surface area contributed by atoms with Crippen molar-refractivity contribution in [3.05, 3.63) is 44.2 Å². The fourth-order valence-corrected chi connectivity index (χ4v) is 1.46. The van der Waals surface area contributed by atoms with Crippen LogP contribution in [-0.2, 0) is 0 Å². The monoisotopic (exact) mass is 254 g/mol. The number of hydrogen-bond donors (Lipinski definition) is 1. The summed E-state index contributed by atoms with van der Waals surface area (Å²) in [4.78, 5) is 13.7. The second kappa shape index (κ2) is 3.35.